The van der Waals surface area contributed by atoms with Gasteiger partial charge in [-0.15, -0.1) is 0 Å². The average Bonchev–Trinajstić information content (AvgIpc) is 2.79. The van der Waals surface area contributed by atoms with Crippen molar-refractivity contribution >= 4 is 23.6 Å². The minimum absolute atomic E-state index is 0.146. The van der Waals surface area contributed by atoms with Gasteiger partial charge in [-0.05, 0) is 36.8 Å². The summed E-state index contributed by atoms with van der Waals surface area (Å²) in [5.74, 6) is -1.37. The second-order valence-electron chi connectivity index (χ2n) is 8.25. The second-order valence-corrected chi connectivity index (χ2v) is 8.25. The van der Waals surface area contributed by atoms with E-state index in [1.54, 1.807) is 0 Å². The van der Waals surface area contributed by atoms with Gasteiger partial charge in [0.05, 0.1) is 0 Å². The van der Waals surface area contributed by atoms with Crippen LogP contribution < -0.4 is 0 Å². The third-order valence-electron chi connectivity index (χ3n) is 6.38. The van der Waals surface area contributed by atoms with E-state index in [0.717, 1.165) is 11.1 Å². The molecule has 0 unspecified atom stereocenters. The summed E-state index contributed by atoms with van der Waals surface area (Å²) < 4.78 is 0. The molecule has 2 heterocycles. The SMILES string of the molecule is O=C1CCC2(CCC(=O)N(CCc3ccccc3)C2=O)C(=O)N1CCc1ccccc1. The third kappa shape index (κ3) is 4.15. The summed E-state index contributed by atoms with van der Waals surface area (Å²) in [6.07, 6.45) is 1.74. The first kappa shape index (κ1) is 21.0. The predicted octanol–water partition coefficient (Wildman–Crippen LogP) is 2.76. The molecule has 2 aliphatic rings. The highest BCUT2D eigenvalue weighted by molar-refractivity contribution is 6.16. The van der Waals surface area contributed by atoms with E-state index < -0.39 is 17.2 Å². The number of hydrogen-bond donors (Lipinski definition) is 0. The molecule has 0 radical (unpaired) electrons. The normalized spacial score (nSPS) is 18.7. The summed E-state index contributed by atoms with van der Waals surface area (Å²) in [6, 6.07) is 19.3. The Morgan fingerprint density at radius 2 is 1.00 bits per heavy atom. The fraction of sp³-hybridized carbons (Fsp3) is 0.360. The summed E-state index contributed by atoms with van der Waals surface area (Å²) >= 11 is 0. The zero-order valence-electron chi connectivity index (χ0n) is 17.5. The topological polar surface area (TPSA) is 74.8 Å². The highest BCUT2D eigenvalue weighted by Crippen LogP contribution is 2.41. The Labute approximate surface area is 181 Å². The lowest BCUT2D eigenvalue weighted by Crippen LogP contribution is -2.62. The first-order valence-corrected chi connectivity index (χ1v) is 10.8. The van der Waals surface area contributed by atoms with Crippen molar-refractivity contribution in [3.05, 3.63) is 71.8 Å². The van der Waals surface area contributed by atoms with Crippen LogP contribution in [0.25, 0.3) is 0 Å². The molecule has 2 fully saturated rings. The Morgan fingerprint density at radius 3 is 1.39 bits per heavy atom. The lowest BCUT2D eigenvalue weighted by Gasteiger charge is -2.44. The van der Waals surface area contributed by atoms with E-state index >= 15 is 0 Å². The first-order valence-electron chi connectivity index (χ1n) is 10.8. The average molecular weight is 418 g/mol. The van der Waals surface area contributed by atoms with Gasteiger partial charge in [0, 0.05) is 25.9 Å². The summed E-state index contributed by atoms with van der Waals surface area (Å²) in [6.45, 7) is 0.489. The molecule has 4 rings (SSSR count). The number of amides is 4. The molecule has 6 heteroatoms. The molecule has 2 aromatic carbocycles. The molecule has 0 saturated carbocycles. The molecule has 4 amide bonds. The van der Waals surface area contributed by atoms with Crippen molar-refractivity contribution in [2.24, 2.45) is 5.41 Å². The van der Waals surface area contributed by atoms with Gasteiger partial charge in [0.15, 0.2) is 0 Å². The molecule has 0 bridgehead atoms. The molecule has 1 spiro atoms. The van der Waals surface area contributed by atoms with Gasteiger partial charge in [0.2, 0.25) is 23.6 Å². The van der Waals surface area contributed by atoms with Crippen molar-refractivity contribution < 1.29 is 19.2 Å². The van der Waals surface area contributed by atoms with Gasteiger partial charge in [-0.25, -0.2) is 0 Å². The van der Waals surface area contributed by atoms with Crippen LogP contribution in [-0.2, 0) is 32.0 Å². The van der Waals surface area contributed by atoms with E-state index in [-0.39, 0.29) is 50.6 Å². The van der Waals surface area contributed by atoms with Gasteiger partial charge in [0.1, 0.15) is 5.41 Å². The van der Waals surface area contributed by atoms with Crippen molar-refractivity contribution in [3.8, 4) is 0 Å². The monoisotopic (exact) mass is 418 g/mol. The Kier molecular flexibility index (Phi) is 5.98. The molecule has 160 valence electrons. The van der Waals surface area contributed by atoms with Gasteiger partial charge >= 0.3 is 0 Å². The highest BCUT2D eigenvalue weighted by atomic mass is 16.2. The van der Waals surface area contributed by atoms with Crippen LogP contribution in [0.2, 0.25) is 0 Å². The summed E-state index contributed by atoms with van der Waals surface area (Å²) in [4.78, 5) is 54.4. The van der Waals surface area contributed by atoms with E-state index in [1.807, 2.05) is 60.7 Å². The minimum atomic E-state index is -1.30. The number of carbonyl (C=O) groups excluding carboxylic acids is 4. The number of benzene rings is 2. The van der Waals surface area contributed by atoms with E-state index in [1.165, 1.54) is 9.80 Å². The van der Waals surface area contributed by atoms with Crippen LogP contribution in [0.1, 0.15) is 36.8 Å². The van der Waals surface area contributed by atoms with E-state index in [2.05, 4.69) is 0 Å². The van der Waals surface area contributed by atoms with Crippen molar-refractivity contribution in [2.75, 3.05) is 13.1 Å². The van der Waals surface area contributed by atoms with Crippen molar-refractivity contribution in [1.29, 1.82) is 0 Å². The minimum Gasteiger partial charge on any atom is -0.281 e. The zero-order chi connectivity index (χ0) is 21.8. The number of nitrogens with zero attached hydrogens (tertiary/aromatic N) is 2. The largest absolute Gasteiger partial charge is 0.281 e. The van der Waals surface area contributed by atoms with Crippen LogP contribution in [0.3, 0.4) is 0 Å². The van der Waals surface area contributed by atoms with Crippen LogP contribution in [-0.4, -0.2) is 46.5 Å². The third-order valence-corrected chi connectivity index (χ3v) is 6.38. The fourth-order valence-electron chi connectivity index (χ4n) is 4.52. The maximum absolute atomic E-state index is 13.4. The Morgan fingerprint density at radius 1 is 0.613 bits per heavy atom. The maximum Gasteiger partial charge on any atom is 0.244 e. The predicted molar refractivity (Wildman–Crippen MR) is 115 cm³/mol. The van der Waals surface area contributed by atoms with Crippen LogP contribution in [0, 0.1) is 5.41 Å². The Hall–Kier alpha value is -3.28. The molecule has 2 saturated heterocycles. The number of piperidine rings is 2. The highest BCUT2D eigenvalue weighted by Gasteiger charge is 2.56. The maximum atomic E-state index is 13.4. The molecule has 6 nitrogen and oxygen atoms in total. The van der Waals surface area contributed by atoms with E-state index in [0.29, 0.717) is 12.8 Å². The van der Waals surface area contributed by atoms with Gasteiger partial charge in [-0.3, -0.25) is 29.0 Å². The molecule has 0 atom stereocenters. The smallest absolute Gasteiger partial charge is 0.244 e. The van der Waals surface area contributed by atoms with Crippen LogP contribution in [0.15, 0.2) is 60.7 Å². The summed E-state index contributed by atoms with van der Waals surface area (Å²) in [5.41, 5.74) is 0.754. The molecule has 0 aliphatic carbocycles. The molecule has 0 N–H and O–H groups in total. The number of hydrogen-bond acceptors (Lipinski definition) is 4. The van der Waals surface area contributed by atoms with Crippen molar-refractivity contribution in [3.63, 3.8) is 0 Å². The molecule has 2 aliphatic heterocycles. The second kappa shape index (κ2) is 8.84. The number of carbonyl (C=O) groups is 4. The van der Waals surface area contributed by atoms with E-state index in [4.69, 9.17) is 0 Å². The molecule has 31 heavy (non-hydrogen) atoms. The fourth-order valence-corrected chi connectivity index (χ4v) is 4.52. The van der Waals surface area contributed by atoms with Gasteiger partial charge in [-0.2, -0.15) is 0 Å². The number of rotatable bonds is 6. The zero-order valence-corrected chi connectivity index (χ0v) is 17.5. The summed E-state index contributed by atoms with van der Waals surface area (Å²) in [7, 11) is 0. The van der Waals surface area contributed by atoms with Crippen molar-refractivity contribution in [1.82, 2.24) is 9.80 Å². The first-order chi connectivity index (χ1) is 15.0. The van der Waals surface area contributed by atoms with Crippen LogP contribution >= 0.6 is 0 Å². The molecule has 0 aromatic heterocycles. The van der Waals surface area contributed by atoms with Crippen LogP contribution in [0.4, 0.5) is 0 Å². The lowest BCUT2D eigenvalue weighted by molar-refractivity contribution is -0.171. The van der Waals surface area contributed by atoms with Gasteiger partial charge in [-0.1, -0.05) is 60.7 Å². The van der Waals surface area contributed by atoms with E-state index in [9.17, 15) is 19.2 Å². The molecule has 2 aromatic rings. The number of likely N-dealkylation sites (tertiary alicyclic amines) is 2. The Bertz CT molecular complexity index is 906. The lowest BCUT2D eigenvalue weighted by atomic mass is 9.71. The molecular weight excluding hydrogens is 392 g/mol. The quantitative estimate of drug-likeness (QED) is 0.534. The number of imide groups is 2. The Balaban J connectivity index is 1.50. The van der Waals surface area contributed by atoms with Crippen LogP contribution in [0.5, 0.6) is 0 Å². The standard InChI is InChI=1S/C25H26N2O4/c28-21-11-15-25(23(30)26(21)17-13-19-7-3-1-4-8-19)16-12-22(29)27(24(25)31)18-14-20-9-5-2-6-10-20/h1-10H,11-18H2. The van der Waals surface area contributed by atoms with Gasteiger partial charge < -0.3 is 0 Å². The van der Waals surface area contributed by atoms with Crippen molar-refractivity contribution in [2.45, 2.75) is 38.5 Å². The van der Waals surface area contributed by atoms with Gasteiger partial charge in [0.25, 0.3) is 0 Å². The molecular formula is C25H26N2O4. The summed E-state index contributed by atoms with van der Waals surface area (Å²) in [5, 5.41) is 0.